The van der Waals surface area contributed by atoms with E-state index in [4.69, 9.17) is 4.98 Å². The fraction of sp³-hybridized carbons (Fsp3) is 0.533. The molecule has 0 amide bonds. The number of anilines is 1. The number of hydrogen-bond donors (Lipinski definition) is 1. The van der Waals surface area contributed by atoms with E-state index >= 15 is 0 Å². The van der Waals surface area contributed by atoms with Gasteiger partial charge in [-0.15, -0.1) is 0 Å². The van der Waals surface area contributed by atoms with Crippen molar-refractivity contribution in [2.45, 2.75) is 46.1 Å². The molecular weight excluding hydrogens is 250 g/mol. The SMILES string of the molecule is CCn1ccnc1Cc1cc(NC)nc(C(C)(C)C)n1. The maximum Gasteiger partial charge on any atom is 0.136 e. The average molecular weight is 273 g/mol. The zero-order chi connectivity index (χ0) is 14.8. The number of rotatable bonds is 4. The monoisotopic (exact) mass is 273 g/mol. The van der Waals surface area contributed by atoms with Crippen LogP contribution < -0.4 is 5.32 Å². The van der Waals surface area contributed by atoms with Gasteiger partial charge in [-0.25, -0.2) is 15.0 Å². The molecule has 108 valence electrons. The third-order valence-corrected chi connectivity index (χ3v) is 3.19. The summed E-state index contributed by atoms with van der Waals surface area (Å²) in [6.07, 6.45) is 4.56. The van der Waals surface area contributed by atoms with Crippen LogP contribution in [0.2, 0.25) is 0 Å². The summed E-state index contributed by atoms with van der Waals surface area (Å²) in [5.74, 6) is 2.75. The van der Waals surface area contributed by atoms with Gasteiger partial charge in [-0.05, 0) is 6.92 Å². The van der Waals surface area contributed by atoms with Crippen LogP contribution in [0.5, 0.6) is 0 Å². The third kappa shape index (κ3) is 3.15. The predicted octanol–water partition coefficient (Wildman–Crippen LogP) is 2.62. The first-order valence-corrected chi connectivity index (χ1v) is 7.00. The fourth-order valence-electron chi connectivity index (χ4n) is 2.01. The van der Waals surface area contributed by atoms with Crippen molar-refractivity contribution in [3.05, 3.63) is 35.8 Å². The first kappa shape index (κ1) is 14.5. The van der Waals surface area contributed by atoms with Crippen molar-refractivity contribution in [3.63, 3.8) is 0 Å². The highest BCUT2D eigenvalue weighted by Crippen LogP contribution is 2.21. The van der Waals surface area contributed by atoms with Gasteiger partial charge in [-0.3, -0.25) is 0 Å². The van der Waals surface area contributed by atoms with Crippen LogP contribution in [0, 0.1) is 0 Å². The second-order valence-corrected chi connectivity index (χ2v) is 5.87. The van der Waals surface area contributed by atoms with Crippen LogP contribution in [0.15, 0.2) is 18.5 Å². The minimum Gasteiger partial charge on any atom is -0.373 e. The number of nitrogens with one attached hydrogen (secondary N) is 1. The van der Waals surface area contributed by atoms with Crippen molar-refractivity contribution in [2.75, 3.05) is 12.4 Å². The zero-order valence-electron chi connectivity index (χ0n) is 12.9. The Balaban J connectivity index is 2.36. The first-order valence-electron chi connectivity index (χ1n) is 7.00. The summed E-state index contributed by atoms with van der Waals surface area (Å²) < 4.78 is 2.14. The van der Waals surface area contributed by atoms with Crippen molar-refractivity contribution in [1.29, 1.82) is 0 Å². The Kier molecular flexibility index (Phi) is 4.06. The van der Waals surface area contributed by atoms with Gasteiger partial charge in [0.2, 0.25) is 0 Å². The minimum absolute atomic E-state index is 0.0677. The number of imidazole rings is 1. The molecule has 0 aromatic carbocycles. The summed E-state index contributed by atoms with van der Waals surface area (Å²) in [5, 5.41) is 3.11. The quantitative estimate of drug-likeness (QED) is 0.930. The molecule has 0 saturated heterocycles. The van der Waals surface area contributed by atoms with Gasteiger partial charge >= 0.3 is 0 Å². The van der Waals surface area contributed by atoms with Gasteiger partial charge < -0.3 is 9.88 Å². The van der Waals surface area contributed by atoms with Gasteiger partial charge in [0.05, 0.1) is 5.69 Å². The molecule has 0 saturated carbocycles. The number of hydrogen-bond acceptors (Lipinski definition) is 4. The van der Waals surface area contributed by atoms with Crippen molar-refractivity contribution in [2.24, 2.45) is 0 Å². The summed E-state index contributed by atoms with van der Waals surface area (Å²) in [5.41, 5.74) is 0.928. The summed E-state index contributed by atoms with van der Waals surface area (Å²) in [4.78, 5) is 13.7. The van der Waals surface area contributed by atoms with Crippen LogP contribution in [0.1, 0.15) is 45.0 Å². The fourth-order valence-corrected chi connectivity index (χ4v) is 2.01. The molecular formula is C15H23N5. The lowest BCUT2D eigenvalue weighted by molar-refractivity contribution is 0.542. The average Bonchev–Trinajstić information content (AvgIpc) is 2.84. The largest absolute Gasteiger partial charge is 0.373 e. The van der Waals surface area contributed by atoms with Gasteiger partial charge in [-0.1, -0.05) is 20.8 Å². The summed E-state index contributed by atoms with van der Waals surface area (Å²) in [7, 11) is 1.88. The van der Waals surface area contributed by atoms with E-state index in [1.807, 2.05) is 25.5 Å². The topological polar surface area (TPSA) is 55.6 Å². The van der Waals surface area contributed by atoms with Crippen molar-refractivity contribution < 1.29 is 0 Å². The van der Waals surface area contributed by atoms with E-state index in [0.29, 0.717) is 0 Å². The van der Waals surface area contributed by atoms with E-state index < -0.39 is 0 Å². The molecule has 0 aliphatic carbocycles. The second-order valence-electron chi connectivity index (χ2n) is 5.87. The van der Waals surface area contributed by atoms with E-state index in [-0.39, 0.29) is 5.41 Å². The standard InChI is InChI=1S/C15H23N5/c1-6-20-8-7-17-13(20)10-11-9-12(16-5)19-14(18-11)15(2,3)4/h7-9H,6,10H2,1-5H3,(H,16,18,19). The highest BCUT2D eigenvalue weighted by Gasteiger charge is 2.19. The lowest BCUT2D eigenvalue weighted by Crippen LogP contribution is -2.18. The molecule has 0 fully saturated rings. The molecule has 2 aromatic heterocycles. The third-order valence-electron chi connectivity index (χ3n) is 3.19. The van der Waals surface area contributed by atoms with Crippen LogP contribution in [-0.4, -0.2) is 26.6 Å². The maximum atomic E-state index is 4.70. The summed E-state index contributed by atoms with van der Waals surface area (Å²) in [6, 6.07) is 1.99. The smallest absolute Gasteiger partial charge is 0.136 e. The van der Waals surface area contributed by atoms with Crippen molar-refractivity contribution in [3.8, 4) is 0 Å². The molecule has 20 heavy (non-hydrogen) atoms. The summed E-state index contributed by atoms with van der Waals surface area (Å²) in [6.45, 7) is 9.41. The Labute approximate surface area is 120 Å². The minimum atomic E-state index is -0.0677. The van der Waals surface area contributed by atoms with Gasteiger partial charge in [0.15, 0.2) is 0 Å². The van der Waals surface area contributed by atoms with E-state index in [0.717, 1.165) is 36.1 Å². The van der Waals surface area contributed by atoms with E-state index in [9.17, 15) is 0 Å². The maximum absolute atomic E-state index is 4.70. The highest BCUT2D eigenvalue weighted by molar-refractivity contribution is 5.37. The molecule has 0 unspecified atom stereocenters. The number of aromatic nitrogens is 4. The molecule has 1 N–H and O–H groups in total. The van der Waals surface area contributed by atoms with E-state index in [1.54, 1.807) is 0 Å². The predicted molar refractivity (Wildman–Crippen MR) is 81.0 cm³/mol. The molecule has 2 rings (SSSR count). The van der Waals surface area contributed by atoms with Gasteiger partial charge in [0.1, 0.15) is 17.5 Å². The number of nitrogens with zero attached hydrogens (tertiary/aromatic N) is 4. The van der Waals surface area contributed by atoms with Gasteiger partial charge in [0.25, 0.3) is 0 Å². The molecule has 0 atom stereocenters. The Morgan fingerprint density at radius 3 is 2.60 bits per heavy atom. The molecule has 0 bridgehead atoms. The lowest BCUT2D eigenvalue weighted by atomic mass is 9.95. The van der Waals surface area contributed by atoms with Gasteiger partial charge in [-0.2, -0.15) is 0 Å². The molecule has 2 aromatic rings. The van der Waals surface area contributed by atoms with Crippen LogP contribution >= 0.6 is 0 Å². The normalized spacial score (nSPS) is 11.7. The zero-order valence-corrected chi connectivity index (χ0v) is 12.9. The van der Waals surface area contributed by atoms with Gasteiger partial charge in [0, 0.05) is 43.9 Å². The van der Waals surface area contributed by atoms with Crippen LogP contribution in [0.4, 0.5) is 5.82 Å². The molecule has 5 nitrogen and oxygen atoms in total. The van der Waals surface area contributed by atoms with Crippen LogP contribution in [0.3, 0.4) is 0 Å². The Bertz CT molecular complexity index is 580. The Morgan fingerprint density at radius 1 is 1.25 bits per heavy atom. The van der Waals surface area contributed by atoms with Crippen LogP contribution in [0.25, 0.3) is 0 Å². The number of aryl methyl sites for hydroxylation is 1. The molecule has 5 heteroatoms. The summed E-state index contributed by atoms with van der Waals surface area (Å²) >= 11 is 0. The Morgan fingerprint density at radius 2 is 2.00 bits per heavy atom. The molecule has 0 aliphatic heterocycles. The molecule has 2 heterocycles. The van der Waals surface area contributed by atoms with E-state index in [2.05, 4.69) is 47.5 Å². The van der Waals surface area contributed by atoms with Crippen molar-refractivity contribution in [1.82, 2.24) is 19.5 Å². The lowest BCUT2D eigenvalue weighted by Gasteiger charge is -2.18. The van der Waals surface area contributed by atoms with E-state index in [1.165, 1.54) is 0 Å². The molecule has 0 radical (unpaired) electrons. The molecule has 0 spiro atoms. The van der Waals surface area contributed by atoms with Crippen molar-refractivity contribution >= 4 is 5.82 Å². The first-order chi connectivity index (χ1) is 9.44. The highest BCUT2D eigenvalue weighted by atomic mass is 15.1. The van der Waals surface area contributed by atoms with Crippen LogP contribution in [-0.2, 0) is 18.4 Å². The second kappa shape index (κ2) is 5.61. The Hall–Kier alpha value is -1.91. The molecule has 0 aliphatic rings.